The molecular formula is C16H10O5. The molecule has 0 spiro atoms. The van der Waals surface area contributed by atoms with Gasteiger partial charge in [-0.2, -0.15) is 0 Å². The predicted octanol–water partition coefficient (Wildman–Crippen LogP) is -0.223. The van der Waals surface area contributed by atoms with Gasteiger partial charge in [-0.25, -0.2) is 0 Å². The maximum absolute atomic E-state index is 11.9. The van der Waals surface area contributed by atoms with Crippen molar-refractivity contribution in [2.45, 2.75) is 12.8 Å². The largest absolute Gasteiger partial charge is 0.464 e. The molecule has 0 radical (unpaired) electrons. The Labute approximate surface area is 118 Å². The lowest BCUT2D eigenvalue weighted by atomic mass is 9.94. The van der Waals surface area contributed by atoms with Gasteiger partial charge in [-0.3, -0.25) is 19.2 Å². The van der Waals surface area contributed by atoms with Crippen LogP contribution in [0.3, 0.4) is 0 Å². The number of furan rings is 1. The van der Waals surface area contributed by atoms with Gasteiger partial charge < -0.3 is 4.42 Å². The van der Waals surface area contributed by atoms with Gasteiger partial charge in [0, 0.05) is 23.6 Å². The highest BCUT2D eigenvalue weighted by molar-refractivity contribution is 6.30. The minimum atomic E-state index is -0.323. The fourth-order valence-corrected chi connectivity index (χ4v) is 2.38. The molecule has 1 heterocycles. The Morgan fingerprint density at radius 1 is 0.762 bits per heavy atom. The van der Waals surface area contributed by atoms with E-state index < -0.39 is 0 Å². The maximum Gasteiger partial charge on any atom is 0.186 e. The molecule has 0 amide bonds. The lowest BCUT2D eigenvalue weighted by Crippen LogP contribution is -2.32. The molecule has 21 heavy (non-hydrogen) atoms. The van der Waals surface area contributed by atoms with Crippen molar-refractivity contribution in [3.05, 3.63) is 47.3 Å². The second kappa shape index (κ2) is 4.94. The van der Waals surface area contributed by atoms with E-state index in [0.29, 0.717) is 5.22 Å². The van der Waals surface area contributed by atoms with Crippen molar-refractivity contribution in [2.24, 2.45) is 0 Å². The molecule has 5 heteroatoms. The normalized spacial score (nSPS) is 24.0. The minimum Gasteiger partial charge on any atom is -0.464 e. The summed E-state index contributed by atoms with van der Waals surface area (Å²) in [5.74, 6) is -1.00. The molecule has 0 unspecified atom stereocenters. The van der Waals surface area contributed by atoms with E-state index in [4.69, 9.17) is 4.42 Å². The molecule has 5 nitrogen and oxygen atoms in total. The molecule has 0 aliphatic heterocycles. The predicted molar refractivity (Wildman–Crippen MR) is 72.3 cm³/mol. The molecule has 1 aromatic rings. The highest BCUT2D eigenvalue weighted by Crippen LogP contribution is 2.13. The van der Waals surface area contributed by atoms with Crippen LogP contribution in [0.15, 0.2) is 41.1 Å². The minimum absolute atomic E-state index is 0.0346. The summed E-state index contributed by atoms with van der Waals surface area (Å²) in [6.45, 7) is 0. The van der Waals surface area contributed by atoms with Gasteiger partial charge >= 0.3 is 0 Å². The van der Waals surface area contributed by atoms with Gasteiger partial charge in [0.15, 0.2) is 23.1 Å². The SMILES string of the molecule is O=C1C=CC(=O)C(=c2ccoc2=C2CC(=O)C=CC2=O)C1. The number of ketones is 4. The van der Waals surface area contributed by atoms with Crippen LogP contribution in [-0.4, -0.2) is 23.1 Å². The molecule has 0 bridgehead atoms. The van der Waals surface area contributed by atoms with Gasteiger partial charge in [0.05, 0.1) is 11.8 Å². The van der Waals surface area contributed by atoms with Crippen LogP contribution in [0.5, 0.6) is 0 Å². The molecule has 3 rings (SSSR count). The lowest BCUT2D eigenvalue weighted by Gasteiger charge is -2.07. The summed E-state index contributed by atoms with van der Waals surface area (Å²) >= 11 is 0. The number of hydrogen-bond acceptors (Lipinski definition) is 5. The van der Waals surface area contributed by atoms with Gasteiger partial charge in [0.25, 0.3) is 0 Å². The Kier molecular flexibility index (Phi) is 3.10. The maximum atomic E-state index is 11.9. The summed E-state index contributed by atoms with van der Waals surface area (Å²) in [7, 11) is 0. The first-order chi connectivity index (χ1) is 10.1. The monoisotopic (exact) mass is 282 g/mol. The van der Waals surface area contributed by atoms with E-state index in [2.05, 4.69) is 0 Å². The molecule has 2 aliphatic rings. The molecule has 0 atom stereocenters. The summed E-state index contributed by atoms with van der Waals surface area (Å²) in [5, 5.41) is 0.407. The van der Waals surface area contributed by atoms with Crippen molar-refractivity contribution in [3.8, 4) is 0 Å². The van der Waals surface area contributed by atoms with Crippen molar-refractivity contribution in [1.29, 1.82) is 0 Å². The van der Waals surface area contributed by atoms with Crippen molar-refractivity contribution in [3.63, 3.8) is 0 Å². The molecule has 104 valence electrons. The summed E-state index contributed by atoms with van der Waals surface area (Å²) in [6, 6.07) is 1.54. The first-order valence-electron chi connectivity index (χ1n) is 6.36. The van der Waals surface area contributed by atoms with Crippen molar-refractivity contribution >= 4 is 34.3 Å². The van der Waals surface area contributed by atoms with Crippen LogP contribution >= 0.6 is 0 Å². The van der Waals surface area contributed by atoms with E-state index in [0.717, 1.165) is 0 Å². The fourth-order valence-electron chi connectivity index (χ4n) is 2.38. The molecule has 0 saturated heterocycles. The molecular weight excluding hydrogens is 272 g/mol. The van der Waals surface area contributed by atoms with Gasteiger partial charge in [0.2, 0.25) is 0 Å². The number of rotatable bonds is 0. The van der Waals surface area contributed by atoms with E-state index in [9.17, 15) is 19.2 Å². The van der Waals surface area contributed by atoms with Crippen LogP contribution in [0.25, 0.3) is 11.1 Å². The number of allylic oxidation sites excluding steroid dienone is 4. The Morgan fingerprint density at radius 2 is 1.33 bits per heavy atom. The van der Waals surface area contributed by atoms with Crippen LogP contribution < -0.4 is 10.6 Å². The highest BCUT2D eigenvalue weighted by Gasteiger charge is 2.22. The second-order valence-corrected chi connectivity index (χ2v) is 4.80. The first kappa shape index (κ1) is 13.2. The van der Waals surface area contributed by atoms with Crippen LogP contribution in [0.4, 0.5) is 0 Å². The van der Waals surface area contributed by atoms with E-state index >= 15 is 0 Å². The topological polar surface area (TPSA) is 81.4 Å². The second-order valence-electron chi connectivity index (χ2n) is 4.80. The lowest BCUT2D eigenvalue weighted by molar-refractivity contribution is -0.116. The van der Waals surface area contributed by atoms with Gasteiger partial charge in [0.1, 0.15) is 5.42 Å². The van der Waals surface area contributed by atoms with Crippen LogP contribution in [0.1, 0.15) is 12.8 Å². The Hall–Kier alpha value is -2.82. The average molecular weight is 282 g/mol. The smallest absolute Gasteiger partial charge is 0.186 e. The Bertz CT molecular complexity index is 790. The summed E-state index contributed by atoms with van der Waals surface area (Å²) in [6.07, 6.45) is 6.09. The van der Waals surface area contributed by atoms with Crippen molar-refractivity contribution in [1.82, 2.24) is 0 Å². The molecule has 1 aromatic heterocycles. The zero-order valence-electron chi connectivity index (χ0n) is 10.9. The van der Waals surface area contributed by atoms with Gasteiger partial charge in [-0.15, -0.1) is 0 Å². The van der Waals surface area contributed by atoms with E-state index in [1.807, 2.05) is 0 Å². The zero-order chi connectivity index (χ0) is 15.0. The first-order valence-corrected chi connectivity index (χ1v) is 6.36. The van der Waals surface area contributed by atoms with Gasteiger partial charge in [-0.05, 0) is 30.4 Å². The van der Waals surface area contributed by atoms with Crippen LogP contribution in [-0.2, 0) is 19.2 Å². The molecule has 2 aliphatic carbocycles. The molecule has 0 fully saturated rings. The number of hydrogen-bond donors (Lipinski definition) is 0. The quantitative estimate of drug-likeness (QED) is 0.657. The summed E-state index contributed by atoms with van der Waals surface area (Å²) in [4.78, 5) is 46.8. The van der Waals surface area contributed by atoms with E-state index in [1.54, 1.807) is 0 Å². The highest BCUT2D eigenvalue weighted by atomic mass is 16.3. The number of carbonyl (C=O) groups excluding carboxylic acids is 4. The van der Waals surface area contributed by atoms with Crippen molar-refractivity contribution < 1.29 is 23.6 Å². The average Bonchev–Trinajstić information content (AvgIpc) is 2.93. The van der Waals surface area contributed by atoms with Crippen molar-refractivity contribution in [2.75, 3.05) is 0 Å². The number of carbonyl (C=O) groups is 4. The fraction of sp³-hybridized carbons (Fsp3) is 0.125. The molecule has 0 aromatic carbocycles. The summed E-state index contributed by atoms with van der Waals surface area (Å²) < 4.78 is 5.31. The Balaban J connectivity index is 2.33. The van der Waals surface area contributed by atoms with E-state index in [-0.39, 0.29) is 52.5 Å². The Morgan fingerprint density at radius 3 is 2.00 bits per heavy atom. The van der Waals surface area contributed by atoms with E-state index in [1.165, 1.54) is 36.6 Å². The third-order valence-electron chi connectivity index (χ3n) is 3.40. The molecule has 0 N–H and O–H groups in total. The van der Waals surface area contributed by atoms with Crippen LogP contribution in [0.2, 0.25) is 0 Å². The third-order valence-corrected chi connectivity index (χ3v) is 3.40. The summed E-state index contributed by atoms with van der Waals surface area (Å²) in [5.41, 5.74) is 0.697. The zero-order valence-corrected chi connectivity index (χ0v) is 10.9. The van der Waals surface area contributed by atoms with Crippen LogP contribution in [0, 0.1) is 0 Å². The third kappa shape index (κ3) is 2.33. The molecule has 0 saturated carbocycles. The van der Waals surface area contributed by atoms with Gasteiger partial charge in [-0.1, -0.05) is 0 Å². The standard InChI is InChI=1S/C16H10O5/c17-9-1-3-14(19)12(7-9)11-5-6-21-16(11)13-8-10(18)2-4-15(13)20/h1-6H,7-8H2.